The third-order valence-corrected chi connectivity index (χ3v) is 2.14. The van der Waals surface area contributed by atoms with Gasteiger partial charge in [0.25, 0.3) is 0 Å². The number of nitrogens with one attached hydrogen (secondary N) is 1. The molecule has 0 amide bonds. The molecule has 4 nitrogen and oxygen atoms in total. The summed E-state index contributed by atoms with van der Waals surface area (Å²) in [6, 6.07) is 7.81. The Bertz CT molecular complexity index is 345. The number of rotatable bonds is 2. The highest BCUT2D eigenvalue weighted by Gasteiger charge is 2.10. The van der Waals surface area contributed by atoms with Crippen molar-refractivity contribution in [2.24, 2.45) is 5.73 Å². The van der Waals surface area contributed by atoms with E-state index in [2.05, 4.69) is 5.43 Å². The fraction of sp³-hybridized carbons (Fsp3) is 0.200. The van der Waals surface area contributed by atoms with Crippen molar-refractivity contribution >= 4 is 5.69 Å². The molecule has 74 valence electrons. The molecular formula is C10H13N3O. The van der Waals surface area contributed by atoms with Gasteiger partial charge in [0.05, 0.1) is 19.3 Å². The van der Waals surface area contributed by atoms with E-state index >= 15 is 0 Å². The lowest BCUT2D eigenvalue weighted by molar-refractivity contribution is 0.415. The van der Waals surface area contributed by atoms with Crippen molar-refractivity contribution in [1.82, 2.24) is 5.43 Å². The second-order valence-corrected chi connectivity index (χ2v) is 3.08. The van der Waals surface area contributed by atoms with Crippen LogP contribution in [0.4, 0.5) is 5.69 Å². The molecule has 0 atom stereocenters. The van der Waals surface area contributed by atoms with Crippen molar-refractivity contribution in [2.75, 3.05) is 18.7 Å². The average Bonchev–Trinajstić information content (AvgIpc) is 2.65. The summed E-state index contributed by atoms with van der Waals surface area (Å²) in [5.41, 5.74) is 9.71. The summed E-state index contributed by atoms with van der Waals surface area (Å²) in [4.78, 5) is 0. The summed E-state index contributed by atoms with van der Waals surface area (Å²) in [6.45, 7) is 0.790. The third-order valence-electron chi connectivity index (χ3n) is 2.14. The highest BCUT2D eigenvalue weighted by Crippen LogP contribution is 2.19. The number of nitrogens with zero attached hydrogens (tertiary/aromatic N) is 1. The smallest absolute Gasteiger partial charge is 0.119 e. The third kappa shape index (κ3) is 1.59. The molecule has 0 saturated heterocycles. The molecule has 1 heterocycles. The van der Waals surface area contributed by atoms with E-state index in [9.17, 15) is 0 Å². The lowest BCUT2D eigenvalue weighted by Gasteiger charge is -2.19. The van der Waals surface area contributed by atoms with Crippen molar-refractivity contribution in [3.05, 3.63) is 36.2 Å². The molecule has 2 rings (SSSR count). The van der Waals surface area contributed by atoms with Crippen molar-refractivity contribution < 1.29 is 4.74 Å². The Labute approximate surface area is 82.9 Å². The monoisotopic (exact) mass is 191 g/mol. The van der Waals surface area contributed by atoms with Gasteiger partial charge < -0.3 is 10.5 Å². The Kier molecular flexibility index (Phi) is 2.18. The molecule has 0 unspecified atom stereocenters. The first-order chi connectivity index (χ1) is 6.79. The number of hydrazine groups is 1. The first-order valence-electron chi connectivity index (χ1n) is 4.43. The predicted octanol–water partition coefficient (Wildman–Crippen LogP) is 0.820. The number of benzene rings is 1. The van der Waals surface area contributed by atoms with E-state index in [-0.39, 0.29) is 0 Å². The average molecular weight is 191 g/mol. The molecule has 0 aromatic heterocycles. The zero-order valence-corrected chi connectivity index (χ0v) is 8.03. The van der Waals surface area contributed by atoms with E-state index < -0.39 is 0 Å². The van der Waals surface area contributed by atoms with Crippen molar-refractivity contribution in [3.8, 4) is 5.75 Å². The maximum Gasteiger partial charge on any atom is 0.119 e. The molecule has 0 bridgehead atoms. The van der Waals surface area contributed by atoms with Gasteiger partial charge in [0, 0.05) is 0 Å². The molecule has 0 spiro atoms. The Morgan fingerprint density at radius 1 is 1.36 bits per heavy atom. The minimum Gasteiger partial charge on any atom is -0.497 e. The molecule has 1 aliphatic rings. The van der Waals surface area contributed by atoms with E-state index in [0.717, 1.165) is 18.0 Å². The number of hydrogen-bond donors (Lipinski definition) is 2. The Morgan fingerprint density at radius 2 is 2.07 bits per heavy atom. The van der Waals surface area contributed by atoms with Gasteiger partial charge in [-0.1, -0.05) is 0 Å². The fourth-order valence-corrected chi connectivity index (χ4v) is 1.37. The second-order valence-electron chi connectivity index (χ2n) is 3.08. The zero-order chi connectivity index (χ0) is 9.97. The van der Waals surface area contributed by atoms with E-state index in [1.807, 2.05) is 35.4 Å². The van der Waals surface area contributed by atoms with Crippen LogP contribution in [0.5, 0.6) is 5.75 Å². The van der Waals surface area contributed by atoms with Crippen molar-refractivity contribution in [3.63, 3.8) is 0 Å². The molecule has 3 N–H and O–H groups in total. The highest BCUT2D eigenvalue weighted by molar-refractivity contribution is 5.50. The minimum absolute atomic E-state index is 0.695. The maximum absolute atomic E-state index is 5.60. The summed E-state index contributed by atoms with van der Waals surface area (Å²) >= 11 is 0. The summed E-state index contributed by atoms with van der Waals surface area (Å²) in [6.07, 6.45) is 1.93. The summed E-state index contributed by atoms with van der Waals surface area (Å²) < 4.78 is 5.08. The highest BCUT2D eigenvalue weighted by atomic mass is 16.5. The van der Waals surface area contributed by atoms with Gasteiger partial charge in [-0.2, -0.15) is 0 Å². The quantitative estimate of drug-likeness (QED) is 0.726. The number of methoxy groups -OCH3 is 1. The van der Waals surface area contributed by atoms with Gasteiger partial charge in [-0.15, -0.1) is 0 Å². The number of anilines is 1. The molecule has 0 fully saturated rings. The van der Waals surface area contributed by atoms with Crippen LogP contribution in [-0.4, -0.2) is 13.7 Å². The largest absolute Gasteiger partial charge is 0.497 e. The van der Waals surface area contributed by atoms with Crippen LogP contribution in [0, 0.1) is 0 Å². The van der Waals surface area contributed by atoms with Crippen LogP contribution in [0.1, 0.15) is 0 Å². The standard InChI is InChI=1S/C10H13N3O/c1-14-9-4-2-8(3-5-9)13-7-6-10(11)12-13/h2-6,12H,7,11H2,1H3. The van der Waals surface area contributed by atoms with Crippen molar-refractivity contribution in [1.29, 1.82) is 0 Å². The normalized spacial score (nSPS) is 14.9. The fourth-order valence-electron chi connectivity index (χ4n) is 1.37. The SMILES string of the molecule is COc1ccc(N2CC=C(N)N2)cc1. The van der Waals surface area contributed by atoms with Crippen LogP contribution in [0.15, 0.2) is 36.2 Å². The molecule has 1 aromatic carbocycles. The summed E-state index contributed by atoms with van der Waals surface area (Å²) in [7, 11) is 1.66. The van der Waals surface area contributed by atoms with E-state index in [1.165, 1.54) is 0 Å². The predicted molar refractivity (Wildman–Crippen MR) is 55.7 cm³/mol. The molecule has 0 aliphatic carbocycles. The van der Waals surface area contributed by atoms with Crippen LogP contribution in [0.2, 0.25) is 0 Å². The van der Waals surface area contributed by atoms with Gasteiger partial charge in [-0.05, 0) is 30.3 Å². The molecule has 0 saturated carbocycles. The topological polar surface area (TPSA) is 50.5 Å². The Hall–Kier alpha value is -1.84. The van der Waals surface area contributed by atoms with Crippen LogP contribution < -0.4 is 20.9 Å². The molecule has 4 heteroatoms. The molecule has 14 heavy (non-hydrogen) atoms. The van der Waals surface area contributed by atoms with E-state index in [1.54, 1.807) is 7.11 Å². The first-order valence-corrected chi connectivity index (χ1v) is 4.43. The zero-order valence-electron chi connectivity index (χ0n) is 8.03. The van der Waals surface area contributed by atoms with Crippen LogP contribution in [0.25, 0.3) is 0 Å². The Balaban J connectivity index is 2.11. The van der Waals surface area contributed by atoms with Gasteiger partial charge in [-0.25, -0.2) is 0 Å². The van der Waals surface area contributed by atoms with E-state index in [0.29, 0.717) is 5.82 Å². The van der Waals surface area contributed by atoms with Gasteiger partial charge in [0.2, 0.25) is 0 Å². The summed E-state index contributed by atoms with van der Waals surface area (Å²) in [5.74, 6) is 1.55. The summed E-state index contributed by atoms with van der Waals surface area (Å²) in [5, 5.41) is 1.97. The van der Waals surface area contributed by atoms with Gasteiger partial charge in [0.15, 0.2) is 0 Å². The van der Waals surface area contributed by atoms with Gasteiger partial charge in [-0.3, -0.25) is 10.4 Å². The first kappa shape index (κ1) is 8.74. The van der Waals surface area contributed by atoms with Crippen LogP contribution >= 0.6 is 0 Å². The number of nitrogens with two attached hydrogens (primary N) is 1. The molecule has 0 radical (unpaired) electrons. The lowest BCUT2D eigenvalue weighted by Crippen LogP contribution is -2.33. The second kappa shape index (κ2) is 3.49. The van der Waals surface area contributed by atoms with Crippen LogP contribution in [0.3, 0.4) is 0 Å². The lowest BCUT2D eigenvalue weighted by atomic mass is 10.3. The van der Waals surface area contributed by atoms with E-state index in [4.69, 9.17) is 10.5 Å². The van der Waals surface area contributed by atoms with Crippen molar-refractivity contribution in [2.45, 2.75) is 0 Å². The molecular weight excluding hydrogens is 178 g/mol. The number of ether oxygens (including phenoxy) is 1. The van der Waals surface area contributed by atoms with Gasteiger partial charge >= 0.3 is 0 Å². The van der Waals surface area contributed by atoms with Crippen LogP contribution in [-0.2, 0) is 0 Å². The van der Waals surface area contributed by atoms with Gasteiger partial charge in [0.1, 0.15) is 11.6 Å². The minimum atomic E-state index is 0.695. The maximum atomic E-state index is 5.60. The molecule has 1 aromatic rings. The number of hydrogen-bond acceptors (Lipinski definition) is 4. The molecule has 1 aliphatic heterocycles. The Morgan fingerprint density at radius 3 is 2.57 bits per heavy atom.